The van der Waals surface area contributed by atoms with Gasteiger partial charge in [-0.2, -0.15) is 0 Å². The van der Waals surface area contributed by atoms with Gasteiger partial charge < -0.3 is 14.6 Å². The van der Waals surface area contributed by atoms with E-state index in [4.69, 9.17) is 20.9 Å². The quantitative estimate of drug-likeness (QED) is 0.911. The molecule has 20 heavy (non-hydrogen) atoms. The highest BCUT2D eigenvalue weighted by Crippen LogP contribution is 2.29. The number of hydrogen-bond acceptors (Lipinski definition) is 4. The highest BCUT2D eigenvalue weighted by atomic mass is 35.5. The average Bonchev–Trinajstić information content (AvgIpc) is 2.76. The normalized spacial score (nSPS) is 12.4. The van der Waals surface area contributed by atoms with Crippen LogP contribution in [0.25, 0.3) is 0 Å². The maximum absolute atomic E-state index is 6.06. The molecule has 1 atom stereocenters. The second kappa shape index (κ2) is 6.29. The van der Waals surface area contributed by atoms with Crippen molar-refractivity contribution in [2.45, 2.75) is 33.4 Å². The van der Waals surface area contributed by atoms with Crippen LogP contribution in [0.2, 0.25) is 5.02 Å². The molecule has 2 aromatic rings. The summed E-state index contributed by atoms with van der Waals surface area (Å²) >= 11 is 6.06. The van der Waals surface area contributed by atoms with Crippen molar-refractivity contribution >= 4 is 11.6 Å². The van der Waals surface area contributed by atoms with E-state index in [1.165, 1.54) is 0 Å². The Morgan fingerprint density at radius 3 is 2.75 bits per heavy atom. The molecule has 0 aliphatic carbocycles. The smallest absolute Gasteiger partial charge is 0.140 e. The van der Waals surface area contributed by atoms with Gasteiger partial charge >= 0.3 is 0 Å². The summed E-state index contributed by atoms with van der Waals surface area (Å²) in [4.78, 5) is 0. The third kappa shape index (κ3) is 3.14. The second-order valence-electron chi connectivity index (χ2n) is 4.78. The standard InChI is InChI=1S/C15H19ClN2O2/c1-9(17-4)13-7-12(16)5-6-15(13)19-8-14-10(2)18-20-11(14)3/h5-7,9,17H,8H2,1-4H3. The summed E-state index contributed by atoms with van der Waals surface area (Å²) < 4.78 is 11.1. The fourth-order valence-corrected chi connectivity index (χ4v) is 2.18. The fraction of sp³-hybridized carbons (Fsp3) is 0.400. The number of benzene rings is 1. The van der Waals surface area contributed by atoms with Crippen molar-refractivity contribution in [3.05, 3.63) is 45.8 Å². The predicted octanol–water partition coefficient (Wildman–Crippen LogP) is 3.80. The second-order valence-corrected chi connectivity index (χ2v) is 5.22. The highest BCUT2D eigenvalue weighted by molar-refractivity contribution is 6.30. The van der Waals surface area contributed by atoms with Gasteiger partial charge in [-0.25, -0.2) is 0 Å². The van der Waals surface area contributed by atoms with Gasteiger partial charge in [-0.3, -0.25) is 0 Å². The first-order valence-corrected chi connectivity index (χ1v) is 6.92. The van der Waals surface area contributed by atoms with Crippen molar-refractivity contribution in [1.29, 1.82) is 0 Å². The van der Waals surface area contributed by atoms with Gasteiger partial charge in [-0.1, -0.05) is 16.8 Å². The predicted molar refractivity (Wildman–Crippen MR) is 79.2 cm³/mol. The monoisotopic (exact) mass is 294 g/mol. The molecule has 5 heteroatoms. The van der Waals surface area contributed by atoms with E-state index >= 15 is 0 Å². The molecule has 0 radical (unpaired) electrons. The zero-order chi connectivity index (χ0) is 14.7. The van der Waals surface area contributed by atoms with Crippen LogP contribution in [0.5, 0.6) is 5.75 Å². The van der Waals surface area contributed by atoms with Gasteiger partial charge in [0.15, 0.2) is 0 Å². The summed E-state index contributed by atoms with van der Waals surface area (Å²) in [6, 6.07) is 5.80. The summed E-state index contributed by atoms with van der Waals surface area (Å²) in [5.41, 5.74) is 2.88. The first kappa shape index (κ1) is 14.9. The van der Waals surface area contributed by atoms with E-state index in [1.807, 2.05) is 39.1 Å². The summed E-state index contributed by atoms with van der Waals surface area (Å²) in [5, 5.41) is 7.82. The van der Waals surface area contributed by atoms with Crippen LogP contribution in [-0.4, -0.2) is 12.2 Å². The Balaban J connectivity index is 2.21. The van der Waals surface area contributed by atoms with Crippen LogP contribution in [0.3, 0.4) is 0 Å². The molecule has 108 valence electrons. The Morgan fingerprint density at radius 2 is 2.15 bits per heavy atom. The maximum atomic E-state index is 6.06. The summed E-state index contributed by atoms with van der Waals surface area (Å²) in [6.45, 7) is 6.30. The van der Waals surface area contributed by atoms with Gasteiger partial charge in [0.25, 0.3) is 0 Å². The van der Waals surface area contributed by atoms with Crippen molar-refractivity contribution < 1.29 is 9.26 Å². The molecule has 4 nitrogen and oxygen atoms in total. The third-order valence-electron chi connectivity index (χ3n) is 3.42. The highest BCUT2D eigenvalue weighted by Gasteiger charge is 2.14. The average molecular weight is 295 g/mol. The molecule has 2 rings (SSSR count). The number of rotatable bonds is 5. The van der Waals surface area contributed by atoms with Gasteiger partial charge in [-0.15, -0.1) is 0 Å². The van der Waals surface area contributed by atoms with Gasteiger partial charge in [0.1, 0.15) is 18.1 Å². The number of nitrogens with one attached hydrogen (secondary N) is 1. The Bertz CT molecular complexity index is 576. The lowest BCUT2D eigenvalue weighted by Gasteiger charge is -2.17. The minimum absolute atomic E-state index is 0.161. The Kier molecular flexibility index (Phi) is 4.68. The molecule has 0 saturated heterocycles. The molecule has 1 aromatic carbocycles. The van der Waals surface area contributed by atoms with E-state index in [1.54, 1.807) is 0 Å². The number of aromatic nitrogens is 1. The molecule has 1 unspecified atom stereocenters. The van der Waals surface area contributed by atoms with Crippen molar-refractivity contribution in [3.63, 3.8) is 0 Å². The molecule has 0 bridgehead atoms. The minimum atomic E-state index is 0.161. The molecular formula is C15H19ClN2O2. The molecule has 1 heterocycles. The molecule has 1 aromatic heterocycles. The van der Waals surface area contributed by atoms with E-state index in [9.17, 15) is 0 Å². The Labute approximate surface area is 124 Å². The van der Waals surface area contributed by atoms with Crippen LogP contribution in [0.1, 0.15) is 35.5 Å². The lowest BCUT2D eigenvalue weighted by molar-refractivity contribution is 0.296. The summed E-state index contributed by atoms with van der Waals surface area (Å²) in [5.74, 6) is 1.61. The molecule has 0 fully saturated rings. The van der Waals surface area contributed by atoms with Crippen LogP contribution in [0.15, 0.2) is 22.7 Å². The number of ether oxygens (including phenoxy) is 1. The van der Waals surface area contributed by atoms with Crippen LogP contribution in [0.4, 0.5) is 0 Å². The van der Waals surface area contributed by atoms with E-state index < -0.39 is 0 Å². The van der Waals surface area contributed by atoms with Crippen molar-refractivity contribution in [2.24, 2.45) is 0 Å². The lowest BCUT2D eigenvalue weighted by Crippen LogP contribution is -2.14. The van der Waals surface area contributed by atoms with Crippen LogP contribution in [-0.2, 0) is 6.61 Å². The van der Waals surface area contributed by atoms with Gasteiger partial charge in [-0.05, 0) is 46.0 Å². The zero-order valence-corrected chi connectivity index (χ0v) is 12.9. The topological polar surface area (TPSA) is 47.3 Å². The van der Waals surface area contributed by atoms with E-state index in [-0.39, 0.29) is 6.04 Å². The van der Waals surface area contributed by atoms with Gasteiger partial charge in [0.2, 0.25) is 0 Å². The first-order chi connectivity index (χ1) is 9.52. The van der Waals surface area contributed by atoms with Crippen molar-refractivity contribution in [2.75, 3.05) is 7.05 Å². The number of nitrogens with zero attached hydrogens (tertiary/aromatic N) is 1. The lowest BCUT2D eigenvalue weighted by atomic mass is 10.1. The molecule has 0 saturated carbocycles. The largest absolute Gasteiger partial charge is 0.488 e. The molecule has 0 amide bonds. The number of hydrogen-bond donors (Lipinski definition) is 1. The van der Waals surface area contributed by atoms with E-state index in [0.29, 0.717) is 11.6 Å². The Morgan fingerprint density at radius 1 is 1.40 bits per heavy atom. The SMILES string of the molecule is CNC(C)c1cc(Cl)ccc1OCc1c(C)noc1C. The van der Waals surface area contributed by atoms with Crippen molar-refractivity contribution in [3.8, 4) is 5.75 Å². The summed E-state index contributed by atoms with van der Waals surface area (Å²) in [7, 11) is 1.91. The first-order valence-electron chi connectivity index (χ1n) is 6.54. The number of halogens is 1. The molecule has 0 spiro atoms. The van der Waals surface area contributed by atoms with Crippen LogP contribution < -0.4 is 10.1 Å². The van der Waals surface area contributed by atoms with Crippen LogP contribution >= 0.6 is 11.6 Å². The van der Waals surface area contributed by atoms with Crippen LogP contribution in [0, 0.1) is 13.8 Å². The third-order valence-corrected chi connectivity index (χ3v) is 3.66. The van der Waals surface area contributed by atoms with E-state index in [2.05, 4.69) is 17.4 Å². The molecule has 0 aliphatic heterocycles. The molecular weight excluding hydrogens is 276 g/mol. The van der Waals surface area contributed by atoms with Gasteiger partial charge in [0.05, 0.1) is 11.3 Å². The zero-order valence-electron chi connectivity index (χ0n) is 12.2. The molecule has 1 N–H and O–H groups in total. The maximum Gasteiger partial charge on any atom is 0.140 e. The Hall–Kier alpha value is -1.52. The summed E-state index contributed by atoms with van der Waals surface area (Å²) in [6.07, 6.45) is 0. The fourth-order valence-electron chi connectivity index (χ4n) is 2.00. The minimum Gasteiger partial charge on any atom is -0.488 e. The van der Waals surface area contributed by atoms with Gasteiger partial charge in [0, 0.05) is 16.6 Å². The number of aryl methyl sites for hydroxylation is 2. The van der Waals surface area contributed by atoms with Crippen molar-refractivity contribution in [1.82, 2.24) is 10.5 Å². The van der Waals surface area contributed by atoms with E-state index in [0.717, 1.165) is 28.3 Å². The molecule has 0 aliphatic rings.